The Labute approximate surface area is 147 Å². The van der Waals surface area contributed by atoms with E-state index in [4.69, 9.17) is 0 Å². The molecule has 0 aliphatic heterocycles. The third-order valence-electron chi connectivity index (χ3n) is 4.12. The van der Waals surface area contributed by atoms with E-state index < -0.39 is 0 Å². The molecule has 5 heteroatoms. The highest BCUT2D eigenvalue weighted by molar-refractivity contribution is 5.97. The third-order valence-corrected chi connectivity index (χ3v) is 4.12. The van der Waals surface area contributed by atoms with E-state index in [1.54, 1.807) is 30.5 Å². The summed E-state index contributed by atoms with van der Waals surface area (Å²) in [6.07, 6.45) is 8.46. The Morgan fingerprint density at radius 2 is 2.08 bits per heavy atom. The third kappa shape index (κ3) is 5.01. The van der Waals surface area contributed by atoms with Crippen LogP contribution in [0.4, 0.5) is 5.69 Å². The molecule has 5 nitrogen and oxygen atoms in total. The predicted octanol–water partition coefficient (Wildman–Crippen LogP) is 3.31. The van der Waals surface area contributed by atoms with Gasteiger partial charge in [0.1, 0.15) is 0 Å². The fraction of sp³-hybridized carbons (Fsp3) is 0.250. The number of hydrogen-bond acceptors (Lipinski definition) is 3. The van der Waals surface area contributed by atoms with Crippen LogP contribution in [0.25, 0.3) is 0 Å². The van der Waals surface area contributed by atoms with Crippen LogP contribution in [-0.2, 0) is 11.3 Å². The maximum absolute atomic E-state index is 12.3. The summed E-state index contributed by atoms with van der Waals surface area (Å²) in [5.74, 6) is 0.105. The number of aromatic nitrogens is 1. The Bertz CT molecular complexity index is 772. The van der Waals surface area contributed by atoms with Crippen molar-refractivity contribution in [3.05, 3.63) is 72.1 Å². The van der Waals surface area contributed by atoms with Crippen molar-refractivity contribution in [3.8, 4) is 0 Å². The minimum atomic E-state index is -0.194. The molecule has 25 heavy (non-hydrogen) atoms. The maximum atomic E-state index is 12.3. The summed E-state index contributed by atoms with van der Waals surface area (Å²) < 4.78 is 0. The highest BCUT2D eigenvalue weighted by Crippen LogP contribution is 2.21. The van der Waals surface area contributed by atoms with Crippen molar-refractivity contribution in [1.29, 1.82) is 0 Å². The number of pyridine rings is 1. The van der Waals surface area contributed by atoms with Crippen LogP contribution >= 0.6 is 0 Å². The van der Waals surface area contributed by atoms with Crippen LogP contribution < -0.4 is 10.6 Å². The number of hydrogen-bond donors (Lipinski definition) is 2. The molecule has 0 spiro atoms. The summed E-state index contributed by atoms with van der Waals surface area (Å²) in [6, 6.07) is 12.5. The summed E-state index contributed by atoms with van der Waals surface area (Å²) >= 11 is 0. The van der Waals surface area contributed by atoms with E-state index in [0.29, 0.717) is 30.1 Å². The molecule has 1 atom stereocenters. The molecule has 0 saturated carbocycles. The lowest BCUT2D eigenvalue weighted by atomic mass is 10.0. The number of benzene rings is 1. The molecule has 0 fully saturated rings. The predicted molar refractivity (Wildman–Crippen MR) is 97.0 cm³/mol. The largest absolute Gasteiger partial charge is 0.346 e. The first-order valence-electron chi connectivity index (χ1n) is 8.45. The number of allylic oxidation sites excluding steroid dienone is 2. The smallest absolute Gasteiger partial charge is 0.251 e. The fourth-order valence-corrected chi connectivity index (χ4v) is 2.83. The average Bonchev–Trinajstić information content (AvgIpc) is 3.13. The number of amides is 2. The zero-order valence-corrected chi connectivity index (χ0v) is 13.9. The minimum absolute atomic E-state index is 0.0254. The zero-order valence-electron chi connectivity index (χ0n) is 13.9. The minimum Gasteiger partial charge on any atom is -0.346 e. The monoisotopic (exact) mass is 335 g/mol. The molecule has 1 aromatic carbocycles. The number of rotatable bonds is 6. The molecule has 0 bridgehead atoms. The van der Waals surface area contributed by atoms with E-state index in [9.17, 15) is 9.59 Å². The molecule has 2 N–H and O–H groups in total. The van der Waals surface area contributed by atoms with Gasteiger partial charge < -0.3 is 10.6 Å². The molecule has 1 heterocycles. The molecule has 2 amide bonds. The molecule has 1 unspecified atom stereocenters. The topological polar surface area (TPSA) is 71.1 Å². The molecule has 2 aromatic rings. The van der Waals surface area contributed by atoms with Crippen molar-refractivity contribution < 1.29 is 9.59 Å². The summed E-state index contributed by atoms with van der Waals surface area (Å²) in [7, 11) is 0. The van der Waals surface area contributed by atoms with E-state index in [-0.39, 0.29) is 11.8 Å². The van der Waals surface area contributed by atoms with E-state index >= 15 is 0 Å². The molecule has 0 radical (unpaired) electrons. The van der Waals surface area contributed by atoms with Gasteiger partial charge in [-0.25, -0.2) is 0 Å². The molecule has 128 valence electrons. The summed E-state index contributed by atoms with van der Waals surface area (Å²) in [5.41, 5.74) is 1.94. The van der Waals surface area contributed by atoms with Gasteiger partial charge in [-0.2, -0.15) is 0 Å². The van der Waals surface area contributed by atoms with Gasteiger partial charge in [-0.3, -0.25) is 14.6 Å². The van der Waals surface area contributed by atoms with Crippen molar-refractivity contribution in [2.45, 2.75) is 25.8 Å². The number of nitrogens with zero attached hydrogens (tertiary/aromatic N) is 1. The van der Waals surface area contributed by atoms with Crippen LogP contribution in [0.2, 0.25) is 0 Å². The van der Waals surface area contributed by atoms with E-state index in [1.165, 1.54) is 0 Å². The molecule has 1 aromatic heterocycles. The first-order valence-corrected chi connectivity index (χ1v) is 8.45. The Balaban J connectivity index is 1.55. The van der Waals surface area contributed by atoms with Gasteiger partial charge in [0.2, 0.25) is 5.91 Å². The molecule has 3 rings (SSSR count). The van der Waals surface area contributed by atoms with Crippen molar-refractivity contribution in [3.63, 3.8) is 0 Å². The maximum Gasteiger partial charge on any atom is 0.251 e. The molecule has 1 aliphatic rings. The van der Waals surface area contributed by atoms with E-state index in [1.807, 2.05) is 18.2 Å². The van der Waals surface area contributed by atoms with Crippen LogP contribution in [0.1, 0.15) is 35.3 Å². The van der Waals surface area contributed by atoms with Crippen LogP contribution in [0.15, 0.2) is 60.8 Å². The summed E-state index contributed by atoms with van der Waals surface area (Å²) in [5, 5.41) is 5.70. The van der Waals surface area contributed by atoms with Crippen LogP contribution in [0.5, 0.6) is 0 Å². The lowest BCUT2D eigenvalue weighted by Crippen LogP contribution is -2.23. The van der Waals surface area contributed by atoms with Crippen molar-refractivity contribution >= 4 is 17.5 Å². The van der Waals surface area contributed by atoms with E-state index in [2.05, 4.69) is 27.8 Å². The second kappa shape index (κ2) is 8.24. The lowest BCUT2D eigenvalue weighted by molar-refractivity contribution is -0.116. The summed E-state index contributed by atoms with van der Waals surface area (Å²) in [6.45, 7) is 0.365. The van der Waals surface area contributed by atoms with Gasteiger partial charge in [0.05, 0.1) is 12.2 Å². The number of carbonyl (C=O) groups excluding carboxylic acids is 2. The van der Waals surface area contributed by atoms with Gasteiger partial charge in [0, 0.05) is 23.9 Å². The molecular formula is C20H21N3O2. The van der Waals surface area contributed by atoms with Gasteiger partial charge in [-0.1, -0.05) is 24.3 Å². The average molecular weight is 335 g/mol. The first kappa shape index (κ1) is 16.9. The van der Waals surface area contributed by atoms with Gasteiger partial charge in [0.15, 0.2) is 0 Å². The van der Waals surface area contributed by atoms with Crippen molar-refractivity contribution in [2.24, 2.45) is 5.92 Å². The Hall–Kier alpha value is -2.95. The van der Waals surface area contributed by atoms with Gasteiger partial charge in [0.25, 0.3) is 5.91 Å². The van der Waals surface area contributed by atoms with E-state index in [0.717, 1.165) is 18.5 Å². The zero-order chi connectivity index (χ0) is 17.5. The second-order valence-corrected chi connectivity index (χ2v) is 6.10. The first-order chi connectivity index (χ1) is 12.2. The summed E-state index contributed by atoms with van der Waals surface area (Å²) in [4.78, 5) is 28.6. The quantitative estimate of drug-likeness (QED) is 0.796. The highest BCUT2D eigenvalue weighted by atomic mass is 16.2. The molecule has 0 saturated heterocycles. The highest BCUT2D eigenvalue weighted by Gasteiger charge is 2.14. The second-order valence-electron chi connectivity index (χ2n) is 6.10. The fourth-order valence-electron chi connectivity index (χ4n) is 2.83. The van der Waals surface area contributed by atoms with Gasteiger partial charge >= 0.3 is 0 Å². The Morgan fingerprint density at radius 3 is 2.84 bits per heavy atom. The van der Waals surface area contributed by atoms with Gasteiger partial charge in [-0.15, -0.1) is 0 Å². The number of anilines is 1. The molecular weight excluding hydrogens is 314 g/mol. The molecule has 1 aliphatic carbocycles. The lowest BCUT2D eigenvalue weighted by Gasteiger charge is -2.10. The Morgan fingerprint density at radius 1 is 1.16 bits per heavy atom. The standard InChI is InChI=1S/C20H21N3O2/c24-19(12-15-6-1-2-7-15)23-17-10-5-8-16(13-17)20(25)22-14-18-9-3-4-11-21-18/h1,3-6,8-11,13,15H,2,7,12,14H2,(H,22,25)(H,23,24). The normalized spacial score (nSPS) is 15.8. The number of nitrogens with one attached hydrogen (secondary N) is 2. The van der Waals surface area contributed by atoms with Crippen molar-refractivity contribution in [1.82, 2.24) is 10.3 Å². The number of carbonyl (C=O) groups is 2. The van der Waals surface area contributed by atoms with Crippen LogP contribution in [-0.4, -0.2) is 16.8 Å². The van der Waals surface area contributed by atoms with Crippen LogP contribution in [0, 0.1) is 5.92 Å². The Kier molecular flexibility index (Phi) is 5.57. The SMILES string of the molecule is O=C(CC1C=CCC1)Nc1cccc(C(=O)NCc2ccccn2)c1. The van der Waals surface area contributed by atoms with Crippen LogP contribution in [0.3, 0.4) is 0 Å². The van der Waals surface area contributed by atoms with Crippen molar-refractivity contribution in [2.75, 3.05) is 5.32 Å². The van der Waals surface area contributed by atoms with Gasteiger partial charge in [-0.05, 0) is 49.1 Å².